The predicted octanol–water partition coefficient (Wildman–Crippen LogP) is -1.29. The number of morpholine rings is 1. The van der Waals surface area contributed by atoms with Crippen LogP contribution in [-0.4, -0.2) is 68.3 Å². The number of hydrogen-bond acceptors (Lipinski definition) is 6. The molecule has 110 valence electrons. The van der Waals surface area contributed by atoms with Crippen molar-refractivity contribution in [3.8, 4) is 0 Å². The lowest BCUT2D eigenvalue weighted by Gasteiger charge is -2.29. The SMILES string of the molecule is CCOC(=O)C(N)C(=O)NC(C)CN1CCOCC1. The van der Waals surface area contributed by atoms with E-state index in [1.54, 1.807) is 6.92 Å². The number of nitrogens with one attached hydrogen (secondary N) is 1. The van der Waals surface area contributed by atoms with E-state index in [4.69, 9.17) is 15.2 Å². The van der Waals surface area contributed by atoms with Gasteiger partial charge in [-0.1, -0.05) is 0 Å². The second kappa shape index (κ2) is 8.08. The van der Waals surface area contributed by atoms with E-state index in [9.17, 15) is 9.59 Å². The molecule has 19 heavy (non-hydrogen) atoms. The van der Waals surface area contributed by atoms with Gasteiger partial charge in [-0.05, 0) is 13.8 Å². The molecule has 0 aromatic carbocycles. The van der Waals surface area contributed by atoms with Crippen molar-refractivity contribution in [2.45, 2.75) is 25.9 Å². The highest BCUT2D eigenvalue weighted by Crippen LogP contribution is 1.99. The average molecular weight is 273 g/mol. The largest absolute Gasteiger partial charge is 0.464 e. The smallest absolute Gasteiger partial charge is 0.332 e. The van der Waals surface area contributed by atoms with Crippen molar-refractivity contribution in [3.63, 3.8) is 0 Å². The van der Waals surface area contributed by atoms with Crippen LogP contribution in [0.5, 0.6) is 0 Å². The van der Waals surface area contributed by atoms with Gasteiger partial charge in [0, 0.05) is 25.7 Å². The molecule has 1 fully saturated rings. The summed E-state index contributed by atoms with van der Waals surface area (Å²) in [4.78, 5) is 25.3. The molecule has 0 aliphatic carbocycles. The molecule has 2 atom stereocenters. The van der Waals surface area contributed by atoms with Crippen molar-refractivity contribution >= 4 is 11.9 Å². The van der Waals surface area contributed by atoms with Crippen molar-refractivity contribution in [3.05, 3.63) is 0 Å². The van der Waals surface area contributed by atoms with Crippen LogP contribution in [0.3, 0.4) is 0 Å². The quantitative estimate of drug-likeness (QED) is 0.462. The number of hydrogen-bond donors (Lipinski definition) is 2. The number of rotatable bonds is 6. The molecule has 0 radical (unpaired) electrons. The van der Waals surface area contributed by atoms with Gasteiger partial charge in [0.25, 0.3) is 0 Å². The molecular formula is C12H23N3O4. The monoisotopic (exact) mass is 273 g/mol. The summed E-state index contributed by atoms with van der Waals surface area (Å²) in [5, 5.41) is 2.72. The molecule has 0 aromatic heterocycles. The number of esters is 1. The molecule has 1 heterocycles. The molecule has 1 aliphatic rings. The number of ether oxygens (including phenoxy) is 2. The van der Waals surface area contributed by atoms with Gasteiger partial charge >= 0.3 is 5.97 Å². The maximum absolute atomic E-state index is 11.7. The van der Waals surface area contributed by atoms with Gasteiger partial charge in [-0.25, -0.2) is 4.79 Å². The maximum atomic E-state index is 11.7. The van der Waals surface area contributed by atoms with Crippen molar-refractivity contribution < 1.29 is 19.1 Å². The molecule has 3 N–H and O–H groups in total. The van der Waals surface area contributed by atoms with Crippen LogP contribution < -0.4 is 11.1 Å². The Bertz CT molecular complexity index is 305. The fourth-order valence-corrected chi connectivity index (χ4v) is 1.89. The Morgan fingerprint density at radius 2 is 2.05 bits per heavy atom. The van der Waals surface area contributed by atoms with Gasteiger partial charge in [-0.2, -0.15) is 0 Å². The van der Waals surface area contributed by atoms with Crippen LogP contribution in [0.1, 0.15) is 13.8 Å². The van der Waals surface area contributed by atoms with Crippen LogP contribution in [0.25, 0.3) is 0 Å². The van der Waals surface area contributed by atoms with E-state index in [0.717, 1.165) is 13.1 Å². The van der Waals surface area contributed by atoms with Crippen LogP contribution in [0.4, 0.5) is 0 Å². The molecule has 0 spiro atoms. The zero-order chi connectivity index (χ0) is 14.3. The Balaban J connectivity index is 2.31. The van der Waals surface area contributed by atoms with Gasteiger partial charge in [0.2, 0.25) is 5.91 Å². The van der Waals surface area contributed by atoms with E-state index in [2.05, 4.69) is 10.2 Å². The molecule has 0 aromatic rings. The normalized spacial score (nSPS) is 19.5. The minimum atomic E-state index is -1.26. The van der Waals surface area contributed by atoms with Crippen LogP contribution in [-0.2, 0) is 19.1 Å². The van der Waals surface area contributed by atoms with E-state index >= 15 is 0 Å². The lowest BCUT2D eigenvalue weighted by atomic mass is 10.2. The Hall–Kier alpha value is -1.18. The Kier molecular flexibility index (Phi) is 6.75. The summed E-state index contributed by atoms with van der Waals surface area (Å²) in [6.45, 7) is 7.60. The second-order valence-electron chi connectivity index (χ2n) is 4.55. The minimum Gasteiger partial charge on any atom is -0.464 e. The topological polar surface area (TPSA) is 93.9 Å². The lowest BCUT2D eigenvalue weighted by Crippen LogP contribution is -2.52. The van der Waals surface area contributed by atoms with Crippen molar-refractivity contribution in [2.24, 2.45) is 5.73 Å². The van der Waals surface area contributed by atoms with E-state index in [0.29, 0.717) is 19.8 Å². The van der Waals surface area contributed by atoms with E-state index in [-0.39, 0.29) is 12.6 Å². The number of amides is 1. The first-order valence-corrected chi connectivity index (χ1v) is 6.57. The molecule has 1 saturated heterocycles. The third-order valence-corrected chi connectivity index (χ3v) is 2.85. The molecule has 7 nitrogen and oxygen atoms in total. The standard InChI is InChI=1S/C12H23N3O4/c1-3-19-12(17)10(13)11(16)14-9(2)8-15-4-6-18-7-5-15/h9-10H,3-8,13H2,1-2H3,(H,14,16). The lowest BCUT2D eigenvalue weighted by molar-refractivity contribution is -0.148. The highest BCUT2D eigenvalue weighted by molar-refractivity contribution is 6.01. The van der Waals surface area contributed by atoms with Crippen molar-refractivity contribution in [1.82, 2.24) is 10.2 Å². The molecule has 2 unspecified atom stereocenters. The minimum absolute atomic E-state index is 0.0777. The van der Waals surface area contributed by atoms with Crippen LogP contribution >= 0.6 is 0 Å². The molecule has 1 aliphatic heterocycles. The summed E-state index contributed by atoms with van der Waals surface area (Å²) in [5.74, 6) is -1.20. The molecule has 0 saturated carbocycles. The first-order chi connectivity index (χ1) is 9.04. The van der Waals surface area contributed by atoms with Crippen LogP contribution in [0.15, 0.2) is 0 Å². The van der Waals surface area contributed by atoms with Gasteiger partial charge in [-0.3, -0.25) is 9.69 Å². The molecule has 1 rings (SSSR count). The molecule has 1 amide bonds. The number of carbonyl (C=O) groups is 2. The zero-order valence-electron chi connectivity index (χ0n) is 11.6. The first-order valence-electron chi connectivity index (χ1n) is 6.57. The average Bonchev–Trinajstić information content (AvgIpc) is 2.39. The van der Waals surface area contributed by atoms with E-state index in [1.165, 1.54) is 0 Å². The van der Waals surface area contributed by atoms with Gasteiger partial charge in [0.1, 0.15) is 0 Å². The fraction of sp³-hybridized carbons (Fsp3) is 0.833. The van der Waals surface area contributed by atoms with Crippen molar-refractivity contribution in [2.75, 3.05) is 39.5 Å². The van der Waals surface area contributed by atoms with Gasteiger partial charge in [0.05, 0.1) is 19.8 Å². The van der Waals surface area contributed by atoms with E-state index < -0.39 is 17.9 Å². The zero-order valence-corrected chi connectivity index (χ0v) is 11.6. The first kappa shape index (κ1) is 15.9. The Morgan fingerprint density at radius 1 is 1.42 bits per heavy atom. The molecular weight excluding hydrogens is 250 g/mol. The summed E-state index contributed by atoms with van der Waals surface area (Å²) >= 11 is 0. The number of nitrogens with two attached hydrogens (primary N) is 1. The van der Waals surface area contributed by atoms with E-state index in [1.807, 2.05) is 6.92 Å². The van der Waals surface area contributed by atoms with Gasteiger partial charge in [-0.15, -0.1) is 0 Å². The van der Waals surface area contributed by atoms with Crippen molar-refractivity contribution in [1.29, 1.82) is 0 Å². The molecule has 0 bridgehead atoms. The third kappa shape index (κ3) is 5.54. The Labute approximate surface area is 113 Å². The Morgan fingerprint density at radius 3 is 2.63 bits per heavy atom. The molecule has 7 heteroatoms. The number of nitrogens with zero attached hydrogens (tertiary/aromatic N) is 1. The number of carbonyl (C=O) groups excluding carboxylic acids is 2. The summed E-state index contributed by atoms with van der Waals surface area (Å²) in [5.41, 5.74) is 5.51. The summed E-state index contributed by atoms with van der Waals surface area (Å²) in [7, 11) is 0. The highest BCUT2D eigenvalue weighted by Gasteiger charge is 2.25. The predicted molar refractivity (Wildman–Crippen MR) is 69.5 cm³/mol. The summed E-state index contributed by atoms with van der Waals surface area (Å²) in [6.07, 6.45) is 0. The van der Waals surface area contributed by atoms with Gasteiger partial charge in [0.15, 0.2) is 6.04 Å². The third-order valence-electron chi connectivity index (χ3n) is 2.85. The fourth-order valence-electron chi connectivity index (χ4n) is 1.89. The summed E-state index contributed by atoms with van der Waals surface area (Å²) < 4.78 is 9.95. The van der Waals surface area contributed by atoms with Crippen LogP contribution in [0, 0.1) is 0 Å². The summed E-state index contributed by atoms with van der Waals surface area (Å²) in [6, 6.07) is -1.34. The highest BCUT2D eigenvalue weighted by atomic mass is 16.5. The van der Waals surface area contributed by atoms with Crippen LogP contribution in [0.2, 0.25) is 0 Å². The second-order valence-corrected chi connectivity index (χ2v) is 4.55. The van der Waals surface area contributed by atoms with Gasteiger partial charge < -0.3 is 20.5 Å². The maximum Gasteiger partial charge on any atom is 0.332 e.